The van der Waals surface area contributed by atoms with Gasteiger partial charge in [0.1, 0.15) is 17.4 Å². The maximum atomic E-state index is 13.8. The fourth-order valence-electron chi connectivity index (χ4n) is 3.16. The number of methoxy groups -OCH3 is 1. The van der Waals surface area contributed by atoms with Gasteiger partial charge in [-0.1, -0.05) is 11.6 Å². The molecule has 0 radical (unpaired) electrons. The van der Waals surface area contributed by atoms with Gasteiger partial charge < -0.3 is 10.1 Å². The number of sulfonamides is 1. The van der Waals surface area contributed by atoms with Crippen molar-refractivity contribution in [2.45, 2.75) is 17.7 Å². The van der Waals surface area contributed by atoms with E-state index in [-0.39, 0.29) is 28.7 Å². The zero-order valence-corrected chi connectivity index (χ0v) is 17.1. The van der Waals surface area contributed by atoms with Crippen LogP contribution in [0.2, 0.25) is 5.02 Å². The Balaban J connectivity index is 1.75. The molecule has 0 aromatic heterocycles. The van der Waals surface area contributed by atoms with Crippen LogP contribution in [0.15, 0.2) is 41.3 Å². The Bertz CT molecular complexity index is 1030. The van der Waals surface area contributed by atoms with Crippen molar-refractivity contribution in [3.8, 4) is 5.75 Å². The van der Waals surface area contributed by atoms with Gasteiger partial charge in [-0.3, -0.25) is 4.79 Å². The second-order valence-electron chi connectivity index (χ2n) is 6.61. The summed E-state index contributed by atoms with van der Waals surface area (Å²) in [6, 6.07) is 6.97. The van der Waals surface area contributed by atoms with Crippen LogP contribution in [0, 0.1) is 17.6 Å². The Kier molecular flexibility index (Phi) is 6.40. The monoisotopic (exact) mass is 444 g/mol. The summed E-state index contributed by atoms with van der Waals surface area (Å²) in [5.41, 5.74) is -0.154. The van der Waals surface area contributed by atoms with E-state index < -0.39 is 33.5 Å². The van der Waals surface area contributed by atoms with Crippen LogP contribution in [0.25, 0.3) is 0 Å². The van der Waals surface area contributed by atoms with Gasteiger partial charge in [0, 0.05) is 19.2 Å². The molecule has 0 spiro atoms. The molecule has 156 valence electrons. The lowest BCUT2D eigenvalue weighted by Crippen LogP contribution is -2.43. The van der Waals surface area contributed by atoms with E-state index in [9.17, 15) is 22.0 Å². The molecule has 1 atom stereocenters. The summed E-state index contributed by atoms with van der Waals surface area (Å²) in [7, 11) is -2.45. The van der Waals surface area contributed by atoms with Gasteiger partial charge in [-0.25, -0.2) is 17.2 Å². The minimum atomic E-state index is -3.87. The first kappa shape index (κ1) is 21.5. The van der Waals surface area contributed by atoms with Gasteiger partial charge in [0.25, 0.3) is 0 Å². The summed E-state index contributed by atoms with van der Waals surface area (Å²) in [6.07, 6.45) is 0.914. The summed E-state index contributed by atoms with van der Waals surface area (Å²) < 4.78 is 58.9. The number of anilines is 1. The predicted molar refractivity (Wildman–Crippen MR) is 104 cm³/mol. The first-order valence-electron chi connectivity index (χ1n) is 8.82. The molecule has 0 unspecified atom stereocenters. The number of carbonyl (C=O) groups is 1. The highest BCUT2D eigenvalue weighted by Gasteiger charge is 2.34. The predicted octanol–water partition coefficient (Wildman–Crippen LogP) is 3.67. The molecule has 1 N–H and O–H groups in total. The third-order valence-electron chi connectivity index (χ3n) is 4.70. The van der Waals surface area contributed by atoms with Gasteiger partial charge >= 0.3 is 0 Å². The molecule has 1 saturated heterocycles. The fourth-order valence-corrected chi connectivity index (χ4v) is 5.03. The van der Waals surface area contributed by atoms with E-state index in [1.165, 1.54) is 29.6 Å². The molecular formula is C19H19ClF2N2O4S. The number of carbonyl (C=O) groups excluding carboxylic acids is 1. The van der Waals surface area contributed by atoms with Crippen molar-refractivity contribution in [1.82, 2.24) is 4.31 Å². The maximum Gasteiger partial charge on any atom is 0.243 e. The van der Waals surface area contributed by atoms with Crippen LogP contribution in [0.5, 0.6) is 5.75 Å². The Morgan fingerprint density at radius 2 is 2.00 bits per heavy atom. The highest BCUT2D eigenvalue weighted by atomic mass is 35.5. The van der Waals surface area contributed by atoms with Gasteiger partial charge in [0.15, 0.2) is 0 Å². The highest BCUT2D eigenvalue weighted by molar-refractivity contribution is 7.89. The minimum Gasteiger partial charge on any atom is -0.495 e. The Morgan fingerprint density at radius 3 is 2.66 bits per heavy atom. The molecule has 0 bridgehead atoms. The number of hydrogen-bond acceptors (Lipinski definition) is 4. The third kappa shape index (κ3) is 4.68. The van der Waals surface area contributed by atoms with Crippen molar-refractivity contribution in [2.75, 3.05) is 25.5 Å². The second-order valence-corrected chi connectivity index (χ2v) is 8.96. The molecular weight excluding hydrogens is 426 g/mol. The van der Waals surface area contributed by atoms with Crippen molar-refractivity contribution in [1.29, 1.82) is 0 Å². The molecule has 2 aromatic rings. The van der Waals surface area contributed by atoms with Crippen LogP contribution in [0.4, 0.5) is 14.5 Å². The van der Waals surface area contributed by atoms with E-state index in [4.69, 9.17) is 16.3 Å². The summed E-state index contributed by atoms with van der Waals surface area (Å²) in [4.78, 5) is 12.5. The van der Waals surface area contributed by atoms with Crippen molar-refractivity contribution < 1.29 is 26.7 Å². The number of rotatable bonds is 5. The molecule has 0 saturated carbocycles. The number of nitrogens with one attached hydrogen (secondary N) is 1. The van der Waals surface area contributed by atoms with Gasteiger partial charge in [-0.2, -0.15) is 4.31 Å². The summed E-state index contributed by atoms with van der Waals surface area (Å²) in [5.74, 6) is -2.50. The number of piperidine rings is 1. The van der Waals surface area contributed by atoms with E-state index in [1.54, 1.807) is 0 Å². The lowest BCUT2D eigenvalue weighted by atomic mass is 9.98. The number of halogens is 3. The number of nitrogens with zero attached hydrogens (tertiary/aromatic N) is 1. The molecule has 1 aliphatic heterocycles. The number of hydrogen-bond donors (Lipinski definition) is 1. The second kappa shape index (κ2) is 8.64. The quantitative estimate of drug-likeness (QED) is 0.763. The van der Waals surface area contributed by atoms with E-state index in [0.717, 1.165) is 12.1 Å². The first-order valence-corrected chi connectivity index (χ1v) is 10.6. The van der Waals surface area contributed by atoms with Crippen molar-refractivity contribution >= 4 is 33.2 Å². The highest BCUT2D eigenvalue weighted by Crippen LogP contribution is 2.30. The van der Waals surface area contributed by atoms with Crippen molar-refractivity contribution in [2.24, 2.45) is 5.92 Å². The lowest BCUT2D eigenvalue weighted by molar-refractivity contribution is -0.120. The molecule has 2 aromatic carbocycles. The number of amides is 1. The normalized spacial score (nSPS) is 17.7. The Morgan fingerprint density at radius 1 is 1.24 bits per heavy atom. The standard InChI is InChI=1S/C19H19ClF2N2O4S/c1-28-18-7-5-14(10-15(18)20)29(26,27)24-8-2-3-12(11-24)19(25)23-17-6-4-13(21)9-16(17)22/h4-7,9-10,12H,2-3,8,11H2,1H3,(H,23,25)/t12-/m1/s1. The van der Waals surface area contributed by atoms with Crippen LogP contribution in [0.1, 0.15) is 12.8 Å². The van der Waals surface area contributed by atoms with Crippen LogP contribution in [0.3, 0.4) is 0 Å². The zero-order valence-electron chi connectivity index (χ0n) is 15.5. The third-order valence-corrected chi connectivity index (χ3v) is 6.86. The fraction of sp³-hybridized carbons (Fsp3) is 0.316. The summed E-state index contributed by atoms with van der Waals surface area (Å²) >= 11 is 6.04. The van der Waals surface area contributed by atoms with Gasteiger partial charge in [-0.15, -0.1) is 0 Å². The van der Waals surface area contributed by atoms with Crippen LogP contribution < -0.4 is 10.1 Å². The number of benzene rings is 2. The van der Waals surface area contributed by atoms with Crippen molar-refractivity contribution in [3.63, 3.8) is 0 Å². The number of ether oxygens (including phenoxy) is 1. The Labute approximate surface area is 172 Å². The van der Waals surface area contributed by atoms with E-state index in [0.29, 0.717) is 24.7 Å². The maximum absolute atomic E-state index is 13.8. The minimum absolute atomic E-state index is 0.00561. The van der Waals surface area contributed by atoms with E-state index >= 15 is 0 Å². The van der Waals surface area contributed by atoms with Crippen LogP contribution in [-0.4, -0.2) is 38.8 Å². The molecule has 0 aliphatic carbocycles. The first-order chi connectivity index (χ1) is 13.7. The smallest absolute Gasteiger partial charge is 0.243 e. The lowest BCUT2D eigenvalue weighted by Gasteiger charge is -2.31. The zero-order chi connectivity index (χ0) is 21.2. The molecule has 6 nitrogen and oxygen atoms in total. The van der Waals surface area contributed by atoms with E-state index in [2.05, 4.69) is 5.32 Å². The molecule has 29 heavy (non-hydrogen) atoms. The van der Waals surface area contributed by atoms with Gasteiger partial charge in [-0.05, 0) is 43.2 Å². The van der Waals surface area contributed by atoms with Gasteiger partial charge in [0.2, 0.25) is 15.9 Å². The molecule has 3 rings (SSSR count). The molecule has 1 aliphatic rings. The van der Waals surface area contributed by atoms with Crippen LogP contribution >= 0.6 is 11.6 Å². The summed E-state index contributed by atoms with van der Waals surface area (Å²) in [5, 5.41) is 2.56. The molecule has 10 heteroatoms. The topological polar surface area (TPSA) is 75.7 Å². The largest absolute Gasteiger partial charge is 0.495 e. The van der Waals surface area contributed by atoms with Crippen LogP contribution in [-0.2, 0) is 14.8 Å². The SMILES string of the molecule is COc1ccc(S(=O)(=O)N2CCC[C@@H](C(=O)Nc3ccc(F)cc3F)C2)cc1Cl. The average Bonchev–Trinajstić information content (AvgIpc) is 2.70. The van der Waals surface area contributed by atoms with Gasteiger partial charge in [0.05, 0.1) is 28.6 Å². The van der Waals surface area contributed by atoms with Crippen molar-refractivity contribution in [3.05, 3.63) is 53.1 Å². The Hall–Kier alpha value is -2.23. The molecule has 1 amide bonds. The molecule has 1 heterocycles. The average molecular weight is 445 g/mol. The molecule has 1 fully saturated rings. The summed E-state index contributed by atoms with van der Waals surface area (Å²) in [6.45, 7) is 0.196. The van der Waals surface area contributed by atoms with E-state index in [1.807, 2.05) is 0 Å².